The smallest absolute Gasteiger partial charge is 0.203 e. The summed E-state index contributed by atoms with van der Waals surface area (Å²) in [5.74, 6) is -0.268. The average molecular weight is 447 g/mol. The van der Waals surface area contributed by atoms with Gasteiger partial charge in [-0.1, -0.05) is 34.4 Å². The highest BCUT2D eigenvalue weighted by molar-refractivity contribution is 8.14. The topological polar surface area (TPSA) is 89.2 Å². The Bertz CT molecular complexity index is 946. The zero-order valence-electron chi connectivity index (χ0n) is 16.4. The lowest BCUT2D eigenvalue weighted by Crippen LogP contribution is -2.43. The minimum absolute atomic E-state index is 0.00990. The van der Waals surface area contributed by atoms with E-state index in [1.54, 1.807) is 18.2 Å². The van der Waals surface area contributed by atoms with Crippen molar-refractivity contribution >= 4 is 40.3 Å². The molecule has 2 atom stereocenters. The first-order chi connectivity index (χ1) is 14.6. The number of aromatic nitrogens is 2. The van der Waals surface area contributed by atoms with E-state index in [2.05, 4.69) is 9.59 Å². The van der Waals surface area contributed by atoms with Gasteiger partial charge in [-0.15, -0.1) is 5.10 Å². The molecule has 2 unspecified atom stereocenters. The first-order valence-corrected chi connectivity index (χ1v) is 11.7. The van der Waals surface area contributed by atoms with Gasteiger partial charge in [0.25, 0.3) is 0 Å². The average Bonchev–Trinajstić information content (AvgIpc) is 3.48. The summed E-state index contributed by atoms with van der Waals surface area (Å²) in [6.07, 6.45) is 4.34. The number of carbonyl (C=O) groups excluding carboxylic acids is 2. The van der Waals surface area contributed by atoms with Crippen LogP contribution >= 0.6 is 23.3 Å². The van der Waals surface area contributed by atoms with Crippen molar-refractivity contribution in [2.45, 2.75) is 30.6 Å². The maximum atomic E-state index is 14.7. The van der Waals surface area contributed by atoms with Gasteiger partial charge in [-0.25, -0.2) is 4.39 Å². The van der Waals surface area contributed by atoms with E-state index in [1.165, 1.54) is 29.4 Å². The Morgan fingerprint density at radius 1 is 1.33 bits per heavy atom. The number of rotatable bonds is 7. The molecule has 1 aliphatic heterocycles. The molecule has 2 aliphatic rings. The third-order valence-electron chi connectivity index (χ3n) is 5.44. The van der Waals surface area contributed by atoms with Crippen molar-refractivity contribution in [3.63, 3.8) is 0 Å². The fourth-order valence-corrected chi connectivity index (χ4v) is 5.17. The van der Waals surface area contributed by atoms with Gasteiger partial charge in [0.15, 0.2) is 5.78 Å². The van der Waals surface area contributed by atoms with Gasteiger partial charge in [-0.05, 0) is 48.5 Å². The van der Waals surface area contributed by atoms with Crippen LogP contribution in [-0.4, -0.2) is 50.3 Å². The SMILES string of the molecule is NCC(=O)SC1CCN(C(C(=O)C2CC2)c2ccccc2F)C/C1=C\c1csnn1. The van der Waals surface area contributed by atoms with Crippen LogP contribution in [0.15, 0.2) is 35.2 Å². The van der Waals surface area contributed by atoms with Crippen LogP contribution in [0.1, 0.15) is 36.6 Å². The molecule has 0 bridgehead atoms. The van der Waals surface area contributed by atoms with Crippen LogP contribution < -0.4 is 5.73 Å². The van der Waals surface area contributed by atoms with Gasteiger partial charge in [-0.3, -0.25) is 14.5 Å². The Balaban J connectivity index is 1.64. The van der Waals surface area contributed by atoms with Gasteiger partial charge in [0.1, 0.15) is 5.82 Å². The molecule has 1 aromatic heterocycles. The van der Waals surface area contributed by atoms with Crippen molar-refractivity contribution in [3.8, 4) is 0 Å². The zero-order valence-corrected chi connectivity index (χ0v) is 18.0. The molecule has 158 valence electrons. The molecular weight excluding hydrogens is 423 g/mol. The Morgan fingerprint density at radius 3 is 2.80 bits per heavy atom. The molecule has 2 aromatic rings. The largest absolute Gasteiger partial charge is 0.323 e. The molecule has 4 rings (SSSR count). The summed E-state index contributed by atoms with van der Waals surface area (Å²) >= 11 is 2.48. The highest BCUT2D eigenvalue weighted by Crippen LogP contribution is 2.40. The molecule has 0 spiro atoms. The van der Waals surface area contributed by atoms with Crippen molar-refractivity contribution in [3.05, 3.63) is 52.3 Å². The maximum Gasteiger partial charge on any atom is 0.203 e. The molecule has 9 heteroatoms. The standard InChI is InChI=1S/C21H23FN4O2S2/c22-17-4-2-1-3-16(17)20(21(28)13-5-6-13)26-8-7-18(30-19(27)10-23)14(11-26)9-15-12-29-25-24-15/h1-4,9,12-13,18,20H,5-8,10-11,23H2/b14-9+. The van der Waals surface area contributed by atoms with E-state index in [-0.39, 0.29) is 34.4 Å². The highest BCUT2D eigenvalue weighted by Gasteiger charge is 2.41. The second-order valence-electron chi connectivity index (χ2n) is 7.59. The number of likely N-dealkylation sites (tertiary alicyclic amines) is 1. The highest BCUT2D eigenvalue weighted by atomic mass is 32.2. The Labute approximate surface area is 182 Å². The lowest BCUT2D eigenvalue weighted by atomic mass is 9.93. The molecule has 0 radical (unpaired) electrons. The number of ketones is 1. The van der Waals surface area contributed by atoms with Gasteiger partial charge in [0, 0.05) is 35.2 Å². The normalized spacial score (nSPS) is 22.2. The molecule has 1 saturated heterocycles. The summed E-state index contributed by atoms with van der Waals surface area (Å²) in [5, 5.41) is 5.80. The van der Waals surface area contributed by atoms with E-state index in [0.717, 1.165) is 24.1 Å². The van der Waals surface area contributed by atoms with Crippen molar-refractivity contribution < 1.29 is 14.0 Å². The van der Waals surface area contributed by atoms with E-state index in [4.69, 9.17) is 5.73 Å². The summed E-state index contributed by atoms with van der Waals surface area (Å²) in [6.45, 7) is 1.04. The van der Waals surface area contributed by atoms with Crippen LogP contribution in [0.5, 0.6) is 0 Å². The Kier molecular flexibility index (Phi) is 6.72. The van der Waals surface area contributed by atoms with Gasteiger partial charge >= 0.3 is 0 Å². The van der Waals surface area contributed by atoms with Crippen LogP contribution in [0.4, 0.5) is 4.39 Å². The van der Waals surface area contributed by atoms with Crippen molar-refractivity contribution in [1.82, 2.24) is 14.5 Å². The van der Waals surface area contributed by atoms with Crippen LogP contribution in [0.2, 0.25) is 0 Å². The third kappa shape index (κ3) is 4.85. The van der Waals surface area contributed by atoms with Crippen molar-refractivity contribution in [2.24, 2.45) is 11.7 Å². The lowest BCUT2D eigenvalue weighted by Gasteiger charge is -2.38. The molecular formula is C21H23FN4O2S2. The molecule has 2 heterocycles. The number of thioether (sulfide) groups is 1. The minimum atomic E-state index is -0.619. The monoisotopic (exact) mass is 446 g/mol. The number of hydrogen-bond donors (Lipinski definition) is 1. The number of hydrogen-bond acceptors (Lipinski definition) is 8. The summed E-state index contributed by atoms with van der Waals surface area (Å²) in [4.78, 5) is 27.2. The van der Waals surface area contributed by atoms with Crippen molar-refractivity contribution in [1.29, 1.82) is 0 Å². The minimum Gasteiger partial charge on any atom is -0.323 e. The quantitative estimate of drug-likeness (QED) is 0.699. The molecule has 1 aromatic carbocycles. The van der Waals surface area contributed by atoms with E-state index in [0.29, 0.717) is 25.1 Å². The third-order valence-corrected chi connectivity index (χ3v) is 7.22. The zero-order chi connectivity index (χ0) is 21.1. The number of carbonyl (C=O) groups is 2. The maximum absolute atomic E-state index is 14.7. The van der Waals surface area contributed by atoms with Gasteiger partial charge in [-0.2, -0.15) is 0 Å². The predicted molar refractivity (Wildman–Crippen MR) is 116 cm³/mol. The number of piperidine rings is 1. The number of benzene rings is 1. The second kappa shape index (κ2) is 9.47. The molecule has 1 aliphatic carbocycles. The summed E-state index contributed by atoms with van der Waals surface area (Å²) in [7, 11) is 0. The van der Waals surface area contributed by atoms with E-state index < -0.39 is 6.04 Å². The second-order valence-corrected chi connectivity index (χ2v) is 9.46. The summed E-state index contributed by atoms with van der Waals surface area (Å²) < 4.78 is 18.6. The van der Waals surface area contributed by atoms with Crippen molar-refractivity contribution in [2.75, 3.05) is 19.6 Å². The predicted octanol–water partition coefficient (Wildman–Crippen LogP) is 3.07. The van der Waals surface area contributed by atoms with E-state index in [9.17, 15) is 14.0 Å². The van der Waals surface area contributed by atoms with E-state index >= 15 is 0 Å². The number of nitrogens with zero attached hydrogens (tertiary/aromatic N) is 3. The molecule has 2 N–H and O–H groups in total. The van der Waals surface area contributed by atoms with Crippen LogP contribution in [0.25, 0.3) is 6.08 Å². The first kappa shape index (κ1) is 21.3. The van der Waals surface area contributed by atoms with Gasteiger partial charge in [0.2, 0.25) is 5.12 Å². The van der Waals surface area contributed by atoms with Crippen LogP contribution in [-0.2, 0) is 9.59 Å². The first-order valence-electron chi connectivity index (χ1n) is 9.96. The fourth-order valence-electron chi connectivity index (χ4n) is 3.83. The van der Waals surface area contributed by atoms with Crippen LogP contribution in [0, 0.1) is 11.7 Å². The Hall–Kier alpha value is -1.94. The van der Waals surface area contributed by atoms with Gasteiger partial charge < -0.3 is 5.73 Å². The Morgan fingerprint density at radius 2 is 2.13 bits per heavy atom. The summed E-state index contributed by atoms with van der Waals surface area (Å²) in [6, 6.07) is 5.90. The lowest BCUT2D eigenvalue weighted by molar-refractivity contribution is -0.126. The fraction of sp³-hybridized carbons (Fsp3) is 0.429. The number of nitrogens with two attached hydrogens (primary N) is 1. The van der Waals surface area contributed by atoms with Crippen LogP contribution in [0.3, 0.4) is 0 Å². The molecule has 0 amide bonds. The number of halogens is 1. The number of Topliss-reactive ketones (excluding diaryl/α,β-unsaturated/α-hetero) is 1. The van der Waals surface area contributed by atoms with E-state index in [1.807, 2.05) is 16.4 Å². The molecule has 6 nitrogen and oxygen atoms in total. The molecule has 2 fully saturated rings. The summed E-state index contributed by atoms with van der Waals surface area (Å²) in [5.41, 5.74) is 7.63. The van der Waals surface area contributed by atoms with Gasteiger partial charge in [0.05, 0.1) is 18.3 Å². The molecule has 1 saturated carbocycles. The molecule has 30 heavy (non-hydrogen) atoms.